The van der Waals surface area contributed by atoms with Gasteiger partial charge in [-0.3, -0.25) is 9.59 Å². The van der Waals surface area contributed by atoms with Gasteiger partial charge in [0.1, 0.15) is 0 Å². The number of nitrogens with zero attached hydrogens (tertiary/aromatic N) is 1. The van der Waals surface area contributed by atoms with Gasteiger partial charge in [-0.2, -0.15) is 0 Å². The molecule has 37 heavy (non-hydrogen) atoms. The molecule has 2 saturated carbocycles. The third kappa shape index (κ3) is 5.24. The molecule has 6 nitrogen and oxygen atoms in total. The van der Waals surface area contributed by atoms with E-state index < -0.39 is 17.4 Å². The predicted octanol–water partition coefficient (Wildman–Crippen LogP) is 6.37. The lowest BCUT2D eigenvalue weighted by Crippen LogP contribution is -2.45. The van der Waals surface area contributed by atoms with Crippen molar-refractivity contribution in [3.63, 3.8) is 0 Å². The van der Waals surface area contributed by atoms with Gasteiger partial charge in [0.25, 0.3) is 0 Å². The molecule has 0 aromatic heterocycles. The monoisotopic (exact) mass is 499 g/mol. The standard InChI is InChI=1S/C31H33NO5/c33-28(23-5-1-2-6-23)32(20-31(30(36)37)15-3-4-16-31)19-21-7-8-27-18-26(14-13-25(27)17-21)22-9-11-24(12-10-22)29(34)35/h7-14,17-18,23H,1-6,15-16,19-20H2,(H,34,35)(H,36,37). The van der Waals surface area contributed by atoms with Crippen molar-refractivity contribution in [3.8, 4) is 11.1 Å². The fourth-order valence-electron chi connectivity index (χ4n) is 6.10. The van der Waals surface area contributed by atoms with E-state index in [0.717, 1.165) is 66.0 Å². The highest BCUT2D eigenvalue weighted by molar-refractivity contribution is 5.90. The molecule has 0 radical (unpaired) electrons. The maximum Gasteiger partial charge on any atom is 0.335 e. The van der Waals surface area contributed by atoms with Crippen molar-refractivity contribution in [2.45, 2.75) is 57.9 Å². The Hall–Kier alpha value is -3.67. The highest BCUT2D eigenvalue weighted by atomic mass is 16.4. The molecule has 2 aliphatic carbocycles. The van der Waals surface area contributed by atoms with Gasteiger partial charge in [0, 0.05) is 19.0 Å². The number of fused-ring (bicyclic) bond motifs is 1. The number of carbonyl (C=O) groups is 3. The molecule has 0 spiro atoms. The average molecular weight is 500 g/mol. The van der Waals surface area contributed by atoms with Gasteiger partial charge in [-0.05, 0) is 77.4 Å². The van der Waals surface area contributed by atoms with Crippen LogP contribution in [-0.4, -0.2) is 39.5 Å². The number of carboxylic acids is 2. The summed E-state index contributed by atoms with van der Waals surface area (Å²) in [5.41, 5.74) is 2.36. The molecule has 0 atom stereocenters. The molecule has 1 amide bonds. The van der Waals surface area contributed by atoms with E-state index in [2.05, 4.69) is 12.1 Å². The number of aromatic carboxylic acids is 1. The largest absolute Gasteiger partial charge is 0.481 e. The quantitative estimate of drug-likeness (QED) is 0.376. The Kier molecular flexibility index (Phi) is 7.00. The molecule has 2 fully saturated rings. The molecule has 0 bridgehead atoms. The van der Waals surface area contributed by atoms with Gasteiger partial charge in [-0.15, -0.1) is 0 Å². The summed E-state index contributed by atoms with van der Waals surface area (Å²) >= 11 is 0. The molecular formula is C31H33NO5. The normalized spacial score (nSPS) is 17.2. The van der Waals surface area contributed by atoms with Crippen LogP contribution in [0.2, 0.25) is 0 Å². The molecule has 0 heterocycles. The lowest BCUT2D eigenvalue weighted by molar-refractivity contribution is -0.152. The van der Waals surface area contributed by atoms with Gasteiger partial charge < -0.3 is 15.1 Å². The first-order valence-corrected chi connectivity index (χ1v) is 13.2. The zero-order valence-electron chi connectivity index (χ0n) is 21.0. The van der Waals surface area contributed by atoms with E-state index in [1.54, 1.807) is 12.1 Å². The van der Waals surface area contributed by atoms with Gasteiger partial charge in [0.2, 0.25) is 5.91 Å². The molecular weight excluding hydrogens is 466 g/mol. The van der Waals surface area contributed by atoms with E-state index in [9.17, 15) is 19.5 Å². The highest BCUT2D eigenvalue weighted by Crippen LogP contribution is 2.40. The van der Waals surface area contributed by atoms with Crippen molar-refractivity contribution >= 4 is 28.6 Å². The van der Waals surface area contributed by atoms with E-state index in [4.69, 9.17) is 5.11 Å². The maximum absolute atomic E-state index is 13.5. The SMILES string of the molecule is O=C(O)c1ccc(-c2ccc3cc(CN(CC4(C(=O)O)CCCC4)C(=O)C4CCCC4)ccc3c2)cc1. The Morgan fingerprint density at radius 1 is 0.784 bits per heavy atom. The number of benzene rings is 3. The van der Waals surface area contributed by atoms with Gasteiger partial charge in [-0.25, -0.2) is 4.79 Å². The Morgan fingerprint density at radius 3 is 2.05 bits per heavy atom. The first-order valence-electron chi connectivity index (χ1n) is 13.2. The van der Waals surface area contributed by atoms with Crippen LogP contribution in [-0.2, 0) is 16.1 Å². The summed E-state index contributed by atoms with van der Waals surface area (Å²) in [7, 11) is 0. The van der Waals surface area contributed by atoms with E-state index in [1.807, 2.05) is 41.3 Å². The summed E-state index contributed by atoms with van der Waals surface area (Å²) in [6.45, 7) is 0.694. The molecule has 3 aromatic rings. The van der Waals surface area contributed by atoms with Crippen LogP contribution in [0.3, 0.4) is 0 Å². The summed E-state index contributed by atoms with van der Waals surface area (Å²) in [4.78, 5) is 38.8. The second-order valence-corrected chi connectivity index (χ2v) is 10.7. The molecule has 3 aromatic carbocycles. The maximum atomic E-state index is 13.5. The van der Waals surface area contributed by atoms with Crippen LogP contribution in [0.1, 0.15) is 67.3 Å². The molecule has 5 rings (SSSR count). The van der Waals surface area contributed by atoms with Crippen molar-refractivity contribution in [1.29, 1.82) is 0 Å². The van der Waals surface area contributed by atoms with Crippen LogP contribution >= 0.6 is 0 Å². The first kappa shape index (κ1) is 25.0. The zero-order valence-corrected chi connectivity index (χ0v) is 21.0. The summed E-state index contributed by atoms with van der Waals surface area (Å²) in [5, 5.41) is 21.3. The number of aliphatic carboxylic acids is 1. The molecule has 0 aliphatic heterocycles. The van der Waals surface area contributed by atoms with Crippen molar-refractivity contribution in [3.05, 3.63) is 71.8 Å². The number of amides is 1. The van der Waals surface area contributed by atoms with Crippen LogP contribution < -0.4 is 0 Å². The molecule has 192 valence electrons. The lowest BCUT2D eigenvalue weighted by Gasteiger charge is -2.34. The van der Waals surface area contributed by atoms with E-state index in [-0.39, 0.29) is 23.9 Å². The number of carbonyl (C=O) groups excluding carboxylic acids is 1. The van der Waals surface area contributed by atoms with Gasteiger partial charge in [0.05, 0.1) is 11.0 Å². The van der Waals surface area contributed by atoms with Crippen molar-refractivity contribution in [2.24, 2.45) is 11.3 Å². The smallest absolute Gasteiger partial charge is 0.335 e. The van der Waals surface area contributed by atoms with Crippen molar-refractivity contribution in [1.82, 2.24) is 4.90 Å². The van der Waals surface area contributed by atoms with Crippen LogP contribution in [0.25, 0.3) is 21.9 Å². The summed E-state index contributed by atoms with van der Waals surface area (Å²) in [6, 6.07) is 19.1. The third-order valence-corrected chi connectivity index (χ3v) is 8.27. The predicted molar refractivity (Wildman–Crippen MR) is 142 cm³/mol. The van der Waals surface area contributed by atoms with Crippen molar-refractivity contribution < 1.29 is 24.6 Å². The summed E-state index contributed by atoms with van der Waals surface area (Å²) < 4.78 is 0. The first-order chi connectivity index (χ1) is 17.8. The van der Waals surface area contributed by atoms with Gasteiger partial charge in [0.15, 0.2) is 0 Å². The molecule has 6 heteroatoms. The number of carboxylic acid groups (broad SMARTS) is 2. The summed E-state index contributed by atoms with van der Waals surface area (Å²) in [6.07, 6.45) is 6.96. The highest BCUT2D eigenvalue weighted by Gasteiger charge is 2.44. The second-order valence-electron chi connectivity index (χ2n) is 10.7. The van der Waals surface area contributed by atoms with Crippen molar-refractivity contribution in [2.75, 3.05) is 6.54 Å². The zero-order chi connectivity index (χ0) is 26.0. The number of hydrogen-bond acceptors (Lipinski definition) is 3. The van der Waals surface area contributed by atoms with E-state index in [0.29, 0.717) is 19.4 Å². The minimum atomic E-state index is -0.944. The Morgan fingerprint density at radius 2 is 1.41 bits per heavy atom. The Balaban J connectivity index is 1.40. The molecule has 2 N–H and O–H groups in total. The van der Waals surface area contributed by atoms with E-state index >= 15 is 0 Å². The van der Waals surface area contributed by atoms with Crippen LogP contribution in [0.5, 0.6) is 0 Å². The second kappa shape index (κ2) is 10.4. The minimum Gasteiger partial charge on any atom is -0.481 e. The third-order valence-electron chi connectivity index (χ3n) is 8.27. The van der Waals surface area contributed by atoms with Crippen LogP contribution in [0, 0.1) is 11.3 Å². The lowest BCUT2D eigenvalue weighted by atomic mass is 9.85. The fourth-order valence-corrected chi connectivity index (χ4v) is 6.10. The number of hydrogen-bond donors (Lipinski definition) is 2. The average Bonchev–Trinajstić information content (AvgIpc) is 3.61. The van der Waals surface area contributed by atoms with E-state index in [1.165, 1.54) is 0 Å². The number of rotatable bonds is 8. The Bertz CT molecular complexity index is 1320. The molecule has 2 aliphatic rings. The van der Waals surface area contributed by atoms with Gasteiger partial charge in [-0.1, -0.05) is 62.1 Å². The van der Waals surface area contributed by atoms with Gasteiger partial charge >= 0.3 is 11.9 Å². The molecule has 0 saturated heterocycles. The minimum absolute atomic E-state index is 0.00257. The van der Waals surface area contributed by atoms with Crippen LogP contribution in [0.4, 0.5) is 0 Å². The fraction of sp³-hybridized carbons (Fsp3) is 0.387. The summed E-state index contributed by atoms with van der Waals surface area (Å²) in [5.74, 6) is -1.62. The molecule has 0 unspecified atom stereocenters. The van der Waals surface area contributed by atoms with Crippen LogP contribution in [0.15, 0.2) is 60.7 Å². The topological polar surface area (TPSA) is 94.9 Å². The Labute approximate surface area is 216 Å².